The van der Waals surface area contributed by atoms with Crippen molar-refractivity contribution in [3.05, 3.63) is 29.8 Å². The average Bonchev–Trinajstić information content (AvgIpc) is 2.26. The van der Waals surface area contributed by atoms with E-state index in [1.165, 1.54) is 0 Å². The normalized spacial score (nSPS) is 14.9. The topological polar surface area (TPSA) is 41.5 Å². The summed E-state index contributed by atoms with van der Waals surface area (Å²) in [6.07, 6.45) is 0.0972. The van der Waals surface area contributed by atoms with Crippen LogP contribution in [0, 0.1) is 0 Å². The van der Waals surface area contributed by atoms with Crippen LogP contribution in [0.2, 0.25) is 0 Å². The molecule has 0 spiro atoms. The number of para-hydroxylation sites is 1. The van der Waals surface area contributed by atoms with Gasteiger partial charge in [-0.05, 0) is 26.8 Å². The first-order valence-electron chi connectivity index (χ1n) is 6.55. The van der Waals surface area contributed by atoms with Crippen LogP contribution in [0.15, 0.2) is 24.3 Å². The fourth-order valence-corrected chi connectivity index (χ4v) is 1.77. The van der Waals surface area contributed by atoms with E-state index in [4.69, 9.17) is 4.74 Å². The molecule has 1 unspecified atom stereocenters. The van der Waals surface area contributed by atoms with Gasteiger partial charge in [-0.1, -0.05) is 32.0 Å². The Bertz CT molecular complexity index is 373. The summed E-state index contributed by atoms with van der Waals surface area (Å²) in [5.41, 5.74) is -0.109. The predicted octanol–water partition coefficient (Wildman–Crippen LogP) is 2.68. The number of hydrogen-bond donors (Lipinski definition) is 2. The van der Waals surface area contributed by atoms with Crippen molar-refractivity contribution in [1.82, 2.24) is 5.32 Å². The van der Waals surface area contributed by atoms with Crippen molar-refractivity contribution < 1.29 is 9.84 Å². The molecular formula is C15H25NO2. The molecule has 1 atom stereocenters. The fourth-order valence-electron chi connectivity index (χ4n) is 1.77. The predicted molar refractivity (Wildman–Crippen MR) is 74.9 cm³/mol. The Balaban J connectivity index is 2.92. The van der Waals surface area contributed by atoms with Gasteiger partial charge in [0.1, 0.15) is 11.4 Å². The molecule has 0 aliphatic rings. The van der Waals surface area contributed by atoms with Gasteiger partial charge in [0.15, 0.2) is 0 Å². The van der Waals surface area contributed by atoms with Crippen LogP contribution in [-0.2, 0) is 5.60 Å². The largest absolute Gasteiger partial charge is 0.491 e. The van der Waals surface area contributed by atoms with Gasteiger partial charge >= 0.3 is 0 Å². The molecule has 0 fully saturated rings. The lowest BCUT2D eigenvalue weighted by atomic mass is 9.94. The van der Waals surface area contributed by atoms with Crippen LogP contribution in [0.4, 0.5) is 0 Å². The molecule has 18 heavy (non-hydrogen) atoms. The van der Waals surface area contributed by atoms with E-state index in [1.807, 2.05) is 45.0 Å². The van der Waals surface area contributed by atoms with Gasteiger partial charge in [0.25, 0.3) is 0 Å². The summed E-state index contributed by atoms with van der Waals surface area (Å²) in [5, 5.41) is 13.8. The van der Waals surface area contributed by atoms with Crippen molar-refractivity contribution in [3.8, 4) is 5.75 Å². The Morgan fingerprint density at radius 2 is 1.83 bits per heavy atom. The average molecular weight is 251 g/mol. The number of aliphatic hydroxyl groups is 1. The van der Waals surface area contributed by atoms with Crippen LogP contribution >= 0.6 is 0 Å². The van der Waals surface area contributed by atoms with Crippen LogP contribution in [0.3, 0.4) is 0 Å². The van der Waals surface area contributed by atoms with Gasteiger partial charge in [0.05, 0.1) is 6.10 Å². The van der Waals surface area contributed by atoms with Gasteiger partial charge in [-0.25, -0.2) is 0 Å². The molecule has 3 nitrogen and oxygen atoms in total. The maximum atomic E-state index is 10.6. The lowest BCUT2D eigenvalue weighted by Gasteiger charge is -2.28. The van der Waals surface area contributed by atoms with Gasteiger partial charge < -0.3 is 15.2 Å². The molecular weight excluding hydrogens is 226 g/mol. The van der Waals surface area contributed by atoms with Gasteiger partial charge in [0, 0.05) is 18.2 Å². The summed E-state index contributed by atoms with van der Waals surface area (Å²) in [4.78, 5) is 0. The highest BCUT2D eigenvalue weighted by molar-refractivity contribution is 5.38. The number of benzene rings is 1. The van der Waals surface area contributed by atoms with E-state index in [2.05, 4.69) is 19.2 Å². The third-order valence-electron chi connectivity index (χ3n) is 2.68. The Morgan fingerprint density at radius 3 is 2.39 bits per heavy atom. The standard InChI is InChI=1S/C15H25NO2/c1-11(2)16-10-15(5,17)13-8-6-7-9-14(13)18-12(3)4/h6-9,11-12,16-17H,10H2,1-5H3. The van der Waals surface area contributed by atoms with Crippen LogP contribution in [0.1, 0.15) is 40.2 Å². The first kappa shape index (κ1) is 15.0. The van der Waals surface area contributed by atoms with E-state index in [0.717, 1.165) is 11.3 Å². The summed E-state index contributed by atoms with van der Waals surface area (Å²) in [6, 6.07) is 8.01. The molecule has 0 saturated carbocycles. The number of hydrogen-bond acceptors (Lipinski definition) is 3. The second-order valence-electron chi connectivity index (χ2n) is 5.47. The fraction of sp³-hybridized carbons (Fsp3) is 0.600. The van der Waals surface area contributed by atoms with Gasteiger partial charge in [-0.3, -0.25) is 0 Å². The summed E-state index contributed by atoms with van der Waals surface area (Å²) >= 11 is 0. The van der Waals surface area contributed by atoms with Crippen molar-refractivity contribution in [2.24, 2.45) is 0 Å². The molecule has 0 aliphatic carbocycles. The molecule has 0 heterocycles. The Morgan fingerprint density at radius 1 is 1.22 bits per heavy atom. The highest BCUT2D eigenvalue weighted by atomic mass is 16.5. The van der Waals surface area contributed by atoms with Crippen molar-refractivity contribution in [1.29, 1.82) is 0 Å². The minimum atomic E-state index is -0.935. The first-order chi connectivity index (χ1) is 8.33. The minimum absolute atomic E-state index is 0.0972. The maximum absolute atomic E-state index is 10.6. The summed E-state index contributed by atoms with van der Waals surface area (Å²) < 4.78 is 5.75. The third kappa shape index (κ3) is 4.31. The van der Waals surface area contributed by atoms with Gasteiger partial charge in [-0.15, -0.1) is 0 Å². The van der Waals surface area contributed by atoms with E-state index < -0.39 is 5.60 Å². The Hall–Kier alpha value is -1.06. The van der Waals surface area contributed by atoms with Crippen LogP contribution in [-0.4, -0.2) is 23.8 Å². The summed E-state index contributed by atoms with van der Waals surface area (Å²) in [5.74, 6) is 0.753. The Kier molecular flexibility index (Phi) is 5.17. The van der Waals surface area contributed by atoms with E-state index >= 15 is 0 Å². The molecule has 0 aromatic heterocycles. The van der Waals surface area contributed by atoms with Crippen molar-refractivity contribution in [3.63, 3.8) is 0 Å². The zero-order valence-electron chi connectivity index (χ0n) is 12.0. The van der Waals surface area contributed by atoms with Crippen molar-refractivity contribution >= 4 is 0 Å². The molecule has 0 radical (unpaired) electrons. The second kappa shape index (κ2) is 6.21. The zero-order chi connectivity index (χ0) is 13.8. The highest BCUT2D eigenvalue weighted by Crippen LogP contribution is 2.30. The van der Waals surface area contributed by atoms with Gasteiger partial charge in [-0.2, -0.15) is 0 Å². The van der Waals surface area contributed by atoms with Crippen LogP contribution in [0.5, 0.6) is 5.75 Å². The summed E-state index contributed by atoms with van der Waals surface area (Å²) in [7, 11) is 0. The number of rotatable bonds is 6. The molecule has 1 rings (SSSR count). The molecule has 0 aliphatic heterocycles. The highest BCUT2D eigenvalue weighted by Gasteiger charge is 2.26. The SMILES string of the molecule is CC(C)NCC(C)(O)c1ccccc1OC(C)C. The molecule has 0 saturated heterocycles. The molecule has 0 bridgehead atoms. The lowest BCUT2D eigenvalue weighted by molar-refractivity contribution is 0.0505. The molecule has 1 aromatic carbocycles. The third-order valence-corrected chi connectivity index (χ3v) is 2.68. The van der Waals surface area contributed by atoms with Crippen LogP contribution < -0.4 is 10.1 Å². The van der Waals surface area contributed by atoms with Crippen LogP contribution in [0.25, 0.3) is 0 Å². The minimum Gasteiger partial charge on any atom is -0.491 e. The number of nitrogens with one attached hydrogen (secondary N) is 1. The number of ether oxygens (including phenoxy) is 1. The smallest absolute Gasteiger partial charge is 0.125 e. The van der Waals surface area contributed by atoms with E-state index in [-0.39, 0.29) is 6.10 Å². The van der Waals surface area contributed by atoms with E-state index in [0.29, 0.717) is 12.6 Å². The zero-order valence-corrected chi connectivity index (χ0v) is 12.0. The molecule has 2 N–H and O–H groups in total. The molecule has 102 valence electrons. The van der Waals surface area contributed by atoms with E-state index in [1.54, 1.807) is 0 Å². The second-order valence-corrected chi connectivity index (χ2v) is 5.47. The molecule has 3 heteroatoms. The van der Waals surface area contributed by atoms with E-state index in [9.17, 15) is 5.11 Å². The van der Waals surface area contributed by atoms with Crippen molar-refractivity contribution in [2.75, 3.05) is 6.54 Å². The monoisotopic (exact) mass is 251 g/mol. The first-order valence-corrected chi connectivity index (χ1v) is 6.55. The molecule has 0 amide bonds. The molecule has 1 aromatic rings. The van der Waals surface area contributed by atoms with Crippen molar-refractivity contribution in [2.45, 2.75) is 52.4 Å². The lowest BCUT2D eigenvalue weighted by Crippen LogP contribution is -2.39. The maximum Gasteiger partial charge on any atom is 0.125 e. The Labute approximate surface area is 110 Å². The quantitative estimate of drug-likeness (QED) is 0.816. The van der Waals surface area contributed by atoms with Gasteiger partial charge in [0.2, 0.25) is 0 Å². The summed E-state index contributed by atoms with van der Waals surface area (Å²) in [6.45, 7) is 10.4.